The molecule has 3 aromatic rings. The third-order valence-corrected chi connectivity index (χ3v) is 9.15. The van der Waals surface area contributed by atoms with Crippen molar-refractivity contribution in [2.75, 3.05) is 10.8 Å². The van der Waals surface area contributed by atoms with Gasteiger partial charge in [-0.2, -0.15) is 0 Å². The van der Waals surface area contributed by atoms with Crippen LogP contribution in [0.4, 0.5) is 10.1 Å². The van der Waals surface area contributed by atoms with Crippen molar-refractivity contribution in [3.8, 4) is 0 Å². The second kappa shape index (κ2) is 12.8. The molecule has 7 nitrogen and oxygen atoms in total. The maximum atomic E-state index is 13.9. The Morgan fingerprint density at radius 1 is 1.02 bits per heavy atom. The number of aryl methyl sites for hydroxylation is 1. The lowest BCUT2D eigenvalue weighted by atomic mass is 10.1. The molecule has 40 heavy (non-hydrogen) atoms. The van der Waals surface area contributed by atoms with Crippen LogP contribution in [0.2, 0.25) is 5.02 Å². The molecule has 1 N–H and O–H groups in total. The van der Waals surface area contributed by atoms with Gasteiger partial charge in [0.05, 0.1) is 10.6 Å². The summed E-state index contributed by atoms with van der Waals surface area (Å²) in [5.74, 6) is -1.31. The van der Waals surface area contributed by atoms with E-state index in [0.29, 0.717) is 16.3 Å². The molecule has 0 spiro atoms. The highest BCUT2D eigenvalue weighted by Gasteiger charge is 2.33. The second-order valence-electron chi connectivity index (χ2n) is 10.1. The standard InChI is InChI=1S/C30H33ClFN3O4S/c1-21-6-5-9-27(18-21)35(40(38,39)28-16-12-24(31)13-17-28)20-29(36)34(19-23-10-14-25(32)15-11-23)22(2)30(37)33-26-7-3-4-8-26/h5-6,9-18,22,26H,3-4,7-8,19-20H2,1-2H3,(H,33,37). The van der Waals surface area contributed by atoms with Gasteiger partial charge in [-0.15, -0.1) is 0 Å². The smallest absolute Gasteiger partial charge is 0.264 e. The van der Waals surface area contributed by atoms with Crippen LogP contribution in [0.3, 0.4) is 0 Å². The van der Waals surface area contributed by atoms with Gasteiger partial charge in [0.1, 0.15) is 18.4 Å². The third-order valence-electron chi connectivity index (χ3n) is 7.11. The molecule has 1 aliphatic carbocycles. The van der Waals surface area contributed by atoms with Gasteiger partial charge in [-0.1, -0.05) is 48.7 Å². The minimum Gasteiger partial charge on any atom is -0.352 e. The average Bonchev–Trinajstić information content (AvgIpc) is 3.44. The number of anilines is 1. The monoisotopic (exact) mass is 585 g/mol. The summed E-state index contributed by atoms with van der Waals surface area (Å²) in [6.07, 6.45) is 3.83. The molecular weight excluding hydrogens is 553 g/mol. The van der Waals surface area contributed by atoms with Crippen LogP contribution in [0.5, 0.6) is 0 Å². The summed E-state index contributed by atoms with van der Waals surface area (Å²) in [5, 5.41) is 3.40. The number of benzene rings is 3. The molecule has 0 aromatic heterocycles. The number of carbonyl (C=O) groups excluding carboxylic acids is 2. The molecule has 1 saturated carbocycles. The normalized spacial score (nSPS) is 14.5. The summed E-state index contributed by atoms with van der Waals surface area (Å²) in [6.45, 7) is 2.91. The van der Waals surface area contributed by atoms with Gasteiger partial charge in [0.15, 0.2) is 0 Å². The van der Waals surface area contributed by atoms with Gasteiger partial charge in [0.25, 0.3) is 10.0 Å². The molecule has 2 amide bonds. The summed E-state index contributed by atoms with van der Waals surface area (Å²) >= 11 is 5.99. The van der Waals surface area contributed by atoms with Crippen molar-refractivity contribution < 1.29 is 22.4 Å². The maximum Gasteiger partial charge on any atom is 0.264 e. The van der Waals surface area contributed by atoms with Crippen LogP contribution in [-0.2, 0) is 26.2 Å². The molecule has 1 atom stereocenters. The van der Waals surface area contributed by atoms with E-state index in [0.717, 1.165) is 35.6 Å². The number of halogens is 2. The topological polar surface area (TPSA) is 86.8 Å². The van der Waals surface area contributed by atoms with Crippen LogP contribution < -0.4 is 9.62 Å². The molecular formula is C30H33ClFN3O4S. The van der Waals surface area contributed by atoms with Crippen molar-refractivity contribution in [2.45, 2.75) is 63.1 Å². The Balaban J connectivity index is 1.68. The highest BCUT2D eigenvalue weighted by Crippen LogP contribution is 2.26. The van der Waals surface area contributed by atoms with E-state index in [1.54, 1.807) is 37.3 Å². The third kappa shape index (κ3) is 7.20. The Morgan fingerprint density at radius 2 is 1.68 bits per heavy atom. The van der Waals surface area contributed by atoms with Crippen molar-refractivity contribution in [1.82, 2.24) is 10.2 Å². The van der Waals surface area contributed by atoms with E-state index in [4.69, 9.17) is 11.6 Å². The van der Waals surface area contributed by atoms with Gasteiger partial charge in [0.2, 0.25) is 11.8 Å². The number of nitrogens with zero attached hydrogens (tertiary/aromatic N) is 2. The largest absolute Gasteiger partial charge is 0.352 e. The second-order valence-corrected chi connectivity index (χ2v) is 12.4. The number of amides is 2. The van der Waals surface area contributed by atoms with Gasteiger partial charge in [-0.3, -0.25) is 13.9 Å². The number of nitrogens with one attached hydrogen (secondary N) is 1. The zero-order valence-electron chi connectivity index (χ0n) is 22.5. The number of rotatable bonds is 10. The first-order valence-electron chi connectivity index (χ1n) is 13.2. The van der Waals surface area contributed by atoms with Gasteiger partial charge >= 0.3 is 0 Å². The highest BCUT2D eigenvalue weighted by molar-refractivity contribution is 7.92. The van der Waals surface area contributed by atoms with Crippen molar-refractivity contribution >= 4 is 39.1 Å². The zero-order valence-corrected chi connectivity index (χ0v) is 24.1. The van der Waals surface area contributed by atoms with Crippen LogP contribution in [0.15, 0.2) is 77.7 Å². The fourth-order valence-electron chi connectivity index (χ4n) is 4.81. The zero-order chi connectivity index (χ0) is 28.9. The number of carbonyl (C=O) groups is 2. The quantitative estimate of drug-likeness (QED) is 0.342. The van der Waals surface area contributed by atoms with Gasteiger partial charge in [-0.05, 0) is 86.3 Å². The molecule has 0 radical (unpaired) electrons. The lowest BCUT2D eigenvalue weighted by Gasteiger charge is -2.32. The first kappa shape index (κ1) is 29.6. The summed E-state index contributed by atoms with van der Waals surface area (Å²) < 4.78 is 42.3. The molecule has 1 aliphatic rings. The van der Waals surface area contributed by atoms with Crippen molar-refractivity contribution in [2.24, 2.45) is 0 Å². The van der Waals surface area contributed by atoms with Crippen LogP contribution >= 0.6 is 11.6 Å². The fraction of sp³-hybridized carbons (Fsp3) is 0.333. The van der Waals surface area contributed by atoms with E-state index in [1.165, 1.54) is 41.3 Å². The van der Waals surface area contributed by atoms with E-state index < -0.39 is 34.3 Å². The Kier molecular flexibility index (Phi) is 9.48. The summed E-state index contributed by atoms with van der Waals surface area (Å²) in [7, 11) is -4.18. The lowest BCUT2D eigenvalue weighted by molar-refractivity contribution is -0.139. The van der Waals surface area contributed by atoms with Gasteiger partial charge < -0.3 is 10.2 Å². The first-order valence-corrected chi connectivity index (χ1v) is 15.1. The number of sulfonamides is 1. The van der Waals surface area contributed by atoms with E-state index in [-0.39, 0.29) is 23.4 Å². The van der Waals surface area contributed by atoms with Gasteiger partial charge in [0, 0.05) is 17.6 Å². The summed E-state index contributed by atoms with van der Waals surface area (Å²) in [6, 6.07) is 17.4. The molecule has 1 fully saturated rings. The Morgan fingerprint density at radius 3 is 2.30 bits per heavy atom. The number of hydrogen-bond acceptors (Lipinski definition) is 4. The molecule has 0 saturated heterocycles. The van der Waals surface area contributed by atoms with Crippen LogP contribution in [0.1, 0.15) is 43.7 Å². The van der Waals surface area contributed by atoms with E-state index in [1.807, 2.05) is 13.0 Å². The molecule has 0 heterocycles. The average molecular weight is 586 g/mol. The van der Waals surface area contributed by atoms with Crippen LogP contribution in [-0.4, -0.2) is 43.8 Å². The minimum absolute atomic E-state index is 0.00101. The Labute approximate surface area is 240 Å². The van der Waals surface area contributed by atoms with Gasteiger partial charge in [-0.25, -0.2) is 12.8 Å². The van der Waals surface area contributed by atoms with Crippen molar-refractivity contribution in [3.05, 3.63) is 94.8 Å². The van der Waals surface area contributed by atoms with Crippen molar-refractivity contribution in [3.63, 3.8) is 0 Å². The fourth-order valence-corrected chi connectivity index (χ4v) is 6.34. The summed E-state index contributed by atoms with van der Waals surface area (Å²) in [5.41, 5.74) is 1.74. The SMILES string of the molecule is Cc1cccc(N(CC(=O)N(Cc2ccc(F)cc2)C(C)C(=O)NC2CCCC2)S(=O)(=O)c2ccc(Cl)cc2)c1. The molecule has 212 valence electrons. The van der Waals surface area contributed by atoms with E-state index >= 15 is 0 Å². The van der Waals surface area contributed by atoms with E-state index in [9.17, 15) is 22.4 Å². The Hall–Kier alpha value is -3.43. The number of hydrogen-bond donors (Lipinski definition) is 1. The molecule has 0 aliphatic heterocycles. The molecule has 0 bridgehead atoms. The Bertz CT molecular complexity index is 1440. The van der Waals surface area contributed by atoms with E-state index in [2.05, 4.69) is 5.32 Å². The molecule has 1 unspecified atom stereocenters. The highest BCUT2D eigenvalue weighted by atomic mass is 35.5. The predicted molar refractivity (Wildman–Crippen MR) is 154 cm³/mol. The lowest BCUT2D eigenvalue weighted by Crippen LogP contribution is -2.52. The van der Waals surface area contributed by atoms with Crippen LogP contribution in [0, 0.1) is 12.7 Å². The minimum atomic E-state index is -4.18. The van der Waals surface area contributed by atoms with Crippen LogP contribution in [0.25, 0.3) is 0 Å². The molecule has 10 heteroatoms. The first-order chi connectivity index (χ1) is 19.0. The predicted octanol–water partition coefficient (Wildman–Crippen LogP) is 5.46. The maximum absolute atomic E-state index is 13.9. The molecule has 4 rings (SSSR count). The molecule has 3 aromatic carbocycles. The van der Waals surface area contributed by atoms with Crippen molar-refractivity contribution in [1.29, 1.82) is 0 Å². The summed E-state index contributed by atoms with van der Waals surface area (Å²) in [4.78, 5) is 28.5.